The zero-order valence-corrected chi connectivity index (χ0v) is 9.55. The van der Waals surface area contributed by atoms with Crippen molar-refractivity contribution < 1.29 is 4.74 Å². The van der Waals surface area contributed by atoms with Gasteiger partial charge in [-0.05, 0) is 36.4 Å². The van der Waals surface area contributed by atoms with Crippen molar-refractivity contribution in [3.8, 4) is 5.75 Å². The van der Waals surface area contributed by atoms with Crippen LogP contribution in [0.1, 0.15) is 18.1 Å². The molecule has 0 saturated heterocycles. The maximum atomic E-state index is 5.21. The van der Waals surface area contributed by atoms with E-state index in [9.17, 15) is 0 Å². The largest absolute Gasteiger partial charge is 0.496 e. The van der Waals surface area contributed by atoms with E-state index in [0.29, 0.717) is 0 Å². The Hall–Kier alpha value is -0.550. The summed E-state index contributed by atoms with van der Waals surface area (Å²) in [6, 6.07) is 6.45. The minimum atomic E-state index is 0.989. The molecule has 1 nitrogen and oxygen atoms in total. The van der Waals surface area contributed by atoms with Gasteiger partial charge in [0.1, 0.15) is 5.75 Å². The van der Waals surface area contributed by atoms with Gasteiger partial charge in [-0.3, -0.25) is 0 Å². The van der Waals surface area contributed by atoms with Gasteiger partial charge in [0, 0.05) is 0 Å². The first kappa shape index (κ1) is 10.5. The van der Waals surface area contributed by atoms with E-state index in [-0.39, 0.29) is 0 Å². The third-order valence-corrected chi connectivity index (χ3v) is 3.20. The molecule has 13 heavy (non-hydrogen) atoms. The van der Waals surface area contributed by atoms with Crippen LogP contribution in [0.5, 0.6) is 5.75 Å². The summed E-state index contributed by atoms with van der Waals surface area (Å²) in [5, 5.41) is 0. The lowest BCUT2D eigenvalue weighted by Crippen LogP contribution is -1.88. The van der Waals surface area contributed by atoms with Crippen molar-refractivity contribution in [3.05, 3.63) is 29.3 Å². The van der Waals surface area contributed by atoms with Gasteiger partial charge in [-0.15, -0.1) is 8.58 Å². The van der Waals surface area contributed by atoms with Gasteiger partial charge < -0.3 is 4.74 Å². The summed E-state index contributed by atoms with van der Waals surface area (Å²) >= 11 is 0. The van der Waals surface area contributed by atoms with Crippen molar-refractivity contribution >= 4 is 8.58 Å². The van der Waals surface area contributed by atoms with Gasteiger partial charge in [-0.2, -0.15) is 0 Å². The summed E-state index contributed by atoms with van der Waals surface area (Å²) in [4.78, 5) is 0. The highest BCUT2D eigenvalue weighted by atomic mass is 31.1. The maximum absolute atomic E-state index is 5.21. The van der Waals surface area contributed by atoms with E-state index in [1.54, 1.807) is 7.11 Å². The SMILES string of the molecule is CCPCc1ccc(OC)c(C)c1. The van der Waals surface area contributed by atoms with Gasteiger partial charge >= 0.3 is 0 Å². The topological polar surface area (TPSA) is 9.23 Å². The van der Waals surface area contributed by atoms with E-state index in [2.05, 4.69) is 32.0 Å². The molecule has 1 atom stereocenters. The Morgan fingerprint density at radius 3 is 2.69 bits per heavy atom. The van der Waals surface area contributed by atoms with Gasteiger partial charge in [0.15, 0.2) is 0 Å². The van der Waals surface area contributed by atoms with Crippen molar-refractivity contribution in [1.29, 1.82) is 0 Å². The highest BCUT2D eigenvalue weighted by molar-refractivity contribution is 7.37. The third kappa shape index (κ3) is 3.00. The Balaban J connectivity index is 2.71. The monoisotopic (exact) mass is 196 g/mol. The predicted molar refractivity (Wildman–Crippen MR) is 60.3 cm³/mol. The second-order valence-corrected chi connectivity index (χ2v) is 4.64. The van der Waals surface area contributed by atoms with Crippen LogP contribution in [-0.2, 0) is 6.16 Å². The first-order valence-electron chi connectivity index (χ1n) is 4.62. The lowest BCUT2D eigenvalue weighted by molar-refractivity contribution is 0.411. The van der Waals surface area contributed by atoms with Crippen LogP contribution in [0.3, 0.4) is 0 Å². The zero-order chi connectivity index (χ0) is 9.68. The van der Waals surface area contributed by atoms with E-state index in [0.717, 1.165) is 14.3 Å². The van der Waals surface area contributed by atoms with Crippen LogP contribution in [0.25, 0.3) is 0 Å². The first-order chi connectivity index (χ1) is 6.27. The van der Waals surface area contributed by atoms with Gasteiger partial charge in [0.25, 0.3) is 0 Å². The smallest absolute Gasteiger partial charge is 0.121 e. The fourth-order valence-electron chi connectivity index (χ4n) is 1.32. The molecule has 0 amide bonds. The average Bonchev–Trinajstić information content (AvgIpc) is 2.15. The molecule has 72 valence electrons. The van der Waals surface area contributed by atoms with Crippen molar-refractivity contribution in [2.45, 2.75) is 20.0 Å². The molecule has 0 spiro atoms. The number of benzene rings is 1. The van der Waals surface area contributed by atoms with Crippen LogP contribution in [0.4, 0.5) is 0 Å². The minimum Gasteiger partial charge on any atom is -0.496 e. The van der Waals surface area contributed by atoms with E-state index in [1.165, 1.54) is 23.5 Å². The Morgan fingerprint density at radius 1 is 1.38 bits per heavy atom. The highest BCUT2D eigenvalue weighted by Crippen LogP contribution is 2.23. The van der Waals surface area contributed by atoms with Crippen LogP contribution in [0.2, 0.25) is 0 Å². The number of rotatable bonds is 4. The summed E-state index contributed by atoms with van der Waals surface area (Å²) in [5.74, 6) is 0.989. The number of hydrogen-bond acceptors (Lipinski definition) is 1. The second kappa shape index (κ2) is 5.24. The fourth-order valence-corrected chi connectivity index (χ4v) is 2.08. The standard InChI is InChI=1S/C11H17OP/c1-4-13-8-10-5-6-11(12-3)9(2)7-10/h5-7,13H,4,8H2,1-3H3. The molecule has 0 fully saturated rings. The Bertz CT molecular complexity index is 271. The molecule has 0 aliphatic rings. The van der Waals surface area contributed by atoms with Crippen LogP contribution in [0.15, 0.2) is 18.2 Å². The average molecular weight is 196 g/mol. The zero-order valence-electron chi connectivity index (χ0n) is 8.55. The summed E-state index contributed by atoms with van der Waals surface area (Å²) < 4.78 is 5.21. The number of hydrogen-bond donors (Lipinski definition) is 0. The van der Waals surface area contributed by atoms with Crippen molar-refractivity contribution in [2.75, 3.05) is 13.3 Å². The lowest BCUT2D eigenvalue weighted by Gasteiger charge is -2.06. The van der Waals surface area contributed by atoms with E-state index < -0.39 is 0 Å². The van der Waals surface area contributed by atoms with E-state index in [4.69, 9.17) is 4.74 Å². The molecule has 0 aliphatic carbocycles. The molecule has 0 heterocycles. The van der Waals surface area contributed by atoms with Crippen LogP contribution >= 0.6 is 8.58 Å². The Labute approximate surface area is 82.3 Å². The number of ether oxygens (including phenoxy) is 1. The van der Waals surface area contributed by atoms with Gasteiger partial charge in [0.2, 0.25) is 0 Å². The molecular weight excluding hydrogens is 179 g/mol. The molecule has 1 aromatic rings. The third-order valence-electron chi connectivity index (χ3n) is 2.04. The Morgan fingerprint density at radius 2 is 2.15 bits per heavy atom. The van der Waals surface area contributed by atoms with Crippen molar-refractivity contribution in [2.24, 2.45) is 0 Å². The summed E-state index contributed by atoms with van der Waals surface area (Å²) in [7, 11) is 2.76. The molecule has 2 heteroatoms. The Kier molecular flexibility index (Phi) is 4.24. The minimum absolute atomic E-state index is 0.989. The van der Waals surface area contributed by atoms with Gasteiger partial charge in [-0.1, -0.05) is 19.1 Å². The molecule has 0 bridgehead atoms. The van der Waals surface area contributed by atoms with Gasteiger partial charge in [-0.25, -0.2) is 0 Å². The predicted octanol–water partition coefficient (Wildman–Crippen LogP) is 3.20. The number of aryl methyl sites for hydroxylation is 1. The molecule has 1 unspecified atom stereocenters. The lowest BCUT2D eigenvalue weighted by atomic mass is 10.1. The van der Waals surface area contributed by atoms with Crippen LogP contribution in [0, 0.1) is 6.92 Å². The summed E-state index contributed by atoms with van der Waals surface area (Å²) in [5.41, 5.74) is 2.67. The normalized spacial score (nSPS) is 11.0. The van der Waals surface area contributed by atoms with Crippen molar-refractivity contribution in [1.82, 2.24) is 0 Å². The first-order valence-corrected chi connectivity index (χ1v) is 6.03. The molecule has 0 aliphatic heterocycles. The molecule has 0 N–H and O–H groups in total. The van der Waals surface area contributed by atoms with E-state index >= 15 is 0 Å². The highest BCUT2D eigenvalue weighted by Gasteiger charge is 1.98. The summed E-state index contributed by atoms with van der Waals surface area (Å²) in [6.45, 7) is 4.33. The summed E-state index contributed by atoms with van der Waals surface area (Å²) in [6.07, 6.45) is 2.49. The second-order valence-electron chi connectivity index (χ2n) is 3.08. The maximum Gasteiger partial charge on any atom is 0.121 e. The molecule has 1 aromatic carbocycles. The molecule has 1 rings (SSSR count). The molecule has 0 aromatic heterocycles. The fraction of sp³-hybridized carbons (Fsp3) is 0.455. The quantitative estimate of drug-likeness (QED) is 0.672. The van der Waals surface area contributed by atoms with Crippen LogP contribution < -0.4 is 4.74 Å². The van der Waals surface area contributed by atoms with E-state index in [1.807, 2.05) is 0 Å². The molecule has 0 radical (unpaired) electrons. The number of methoxy groups -OCH3 is 1. The molecule has 0 saturated carbocycles. The van der Waals surface area contributed by atoms with Crippen LogP contribution in [-0.4, -0.2) is 13.3 Å². The van der Waals surface area contributed by atoms with Gasteiger partial charge in [0.05, 0.1) is 7.11 Å². The molecular formula is C11H17OP. The van der Waals surface area contributed by atoms with Crippen molar-refractivity contribution in [3.63, 3.8) is 0 Å².